The summed E-state index contributed by atoms with van der Waals surface area (Å²) in [5.74, 6) is 0.717. The molecule has 0 radical (unpaired) electrons. The van der Waals surface area contributed by atoms with Crippen LogP contribution in [0.3, 0.4) is 0 Å². The number of halogens is 1. The summed E-state index contributed by atoms with van der Waals surface area (Å²) in [5, 5.41) is 3.33. The molecule has 0 aliphatic rings. The molecule has 0 saturated carbocycles. The Morgan fingerprint density at radius 1 is 1.44 bits per heavy atom. The summed E-state index contributed by atoms with van der Waals surface area (Å²) in [7, 11) is 0.457. The maximum atomic E-state index is 11.9. The third kappa shape index (κ3) is 2.83. The lowest BCUT2D eigenvalue weighted by Crippen LogP contribution is -2.23. The number of nitrogens with zero attached hydrogens (tertiary/aromatic N) is 2. The second kappa shape index (κ2) is 5.97. The summed E-state index contributed by atoms with van der Waals surface area (Å²) in [5.41, 5.74) is 0.679. The van der Waals surface area contributed by atoms with Crippen LogP contribution in [0.15, 0.2) is 4.79 Å². The molecule has 1 aromatic rings. The van der Waals surface area contributed by atoms with E-state index in [1.54, 1.807) is 11.4 Å². The van der Waals surface area contributed by atoms with Crippen LogP contribution in [0.4, 0.5) is 5.82 Å². The Balaban J connectivity index is 3.70. The van der Waals surface area contributed by atoms with Gasteiger partial charge in [-0.1, -0.05) is 15.9 Å². The molecule has 1 heterocycles. The quantitative estimate of drug-likeness (QED) is 0.687. The first kappa shape index (κ1) is 15.4. The highest BCUT2D eigenvalue weighted by Crippen LogP contribution is 2.43. The van der Waals surface area contributed by atoms with Crippen molar-refractivity contribution in [1.82, 2.24) is 9.32 Å². The highest BCUT2D eigenvalue weighted by Gasteiger charge is 2.28. The number of aromatic nitrogens is 2. The van der Waals surface area contributed by atoms with Crippen LogP contribution in [0.5, 0.6) is 0 Å². The zero-order valence-electron chi connectivity index (χ0n) is 11.1. The zero-order chi connectivity index (χ0) is 14.0. The SMILES string of the molecule is C=[P+](C)C(C)c1c(Cl)nc(=O)n([P+](=C)C)c1NC. The molecule has 3 atom stereocenters. The van der Waals surface area contributed by atoms with Gasteiger partial charge >= 0.3 is 5.69 Å². The Hall–Kier alpha value is -0.690. The molecule has 0 aliphatic carbocycles. The van der Waals surface area contributed by atoms with Gasteiger partial charge in [0.15, 0.2) is 5.82 Å². The molecule has 0 aliphatic heterocycles. The number of hydrogen-bond acceptors (Lipinski definition) is 3. The molecule has 0 aromatic carbocycles. The van der Waals surface area contributed by atoms with Gasteiger partial charge in [0.2, 0.25) is 7.70 Å². The predicted molar refractivity (Wildman–Crippen MR) is 86.8 cm³/mol. The first-order valence-electron chi connectivity index (χ1n) is 5.39. The molecule has 3 unspecified atom stereocenters. The van der Waals surface area contributed by atoms with E-state index in [4.69, 9.17) is 11.6 Å². The number of hydrogen-bond donors (Lipinski definition) is 1. The van der Waals surface area contributed by atoms with Gasteiger partial charge < -0.3 is 5.32 Å². The molecular formula is C11H18ClN3OP2+2. The van der Waals surface area contributed by atoms with Crippen molar-refractivity contribution in [3.05, 3.63) is 21.2 Å². The molecule has 0 amide bonds. The van der Waals surface area contributed by atoms with Gasteiger partial charge in [-0.3, -0.25) is 0 Å². The Morgan fingerprint density at radius 3 is 2.39 bits per heavy atom. The predicted octanol–water partition coefficient (Wildman–Crippen LogP) is 2.85. The first-order chi connectivity index (χ1) is 8.31. The highest BCUT2D eigenvalue weighted by molar-refractivity contribution is 7.55. The molecule has 7 heteroatoms. The zero-order valence-corrected chi connectivity index (χ0v) is 13.6. The van der Waals surface area contributed by atoms with Gasteiger partial charge in [-0.15, -0.1) is 0 Å². The minimum absolute atomic E-state index is 0.171. The third-order valence-electron chi connectivity index (χ3n) is 2.72. The summed E-state index contributed by atoms with van der Waals surface area (Å²) in [4.78, 5) is 15.8. The van der Waals surface area contributed by atoms with Gasteiger partial charge in [0.1, 0.15) is 17.5 Å². The van der Waals surface area contributed by atoms with E-state index in [-0.39, 0.29) is 16.5 Å². The van der Waals surface area contributed by atoms with Gasteiger partial charge in [-0.05, 0) is 6.92 Å². The Kier molecular flexibility index (Phi) is 5.10. The Bertz CT molecular complexity index is 568. The number of nitrogens with one attached hydrogen (secondary N) is 1. The number of anilines is 1. The maximum absolute atomic E-state index is 11.9. The van der Waals surface area contributed by atoms with Crippen LogP contribution in [0.1, 0.15) is 18.1 Å². The van der Waals surface area contributed by atoms with E-state index in [1.807, 2.05) is 6.66 Å². The van der Waals surface area contributed by atoms with Crippen LogP contribution in [0.25, 0.3) is 0 Å². The van der Waals surface area contributed by atoms with Crippen molar-refractivity contribution in [1.29, 1.82) is 0 Å². The monoisotopic (exact) mass is 305 g/mol. The number of rotatable bonds is 4. The van der Waals surface area contributed by atoms with Crippen molar-refractivity contribution in [2.24, 2.45) is 0 Å². The van der Waals surface area contributed by atoms with Crippen molar-refractivity contribution in [3.8, 4) is 0 Å². The van der Waals surface area contributed by atoms with Crippen molar-refractivity contribution < 1.29 is 0 Å². The Morgan fingerprint density at radius 2 is 2.00 bits per heavy atom. The molecule has 1 rings (SSSR count). The molecular weight excluding hydrogens is 288 g/mol. The fourth-order valence-electron chi connectivity index (χ4n) is 1.65. The van der Waals surface area contributed by atoms with Crippen LogP contribution < -0.4 is 11.0 Å². The highest BCUT2D eigenvalue weighted by atomic mass is 35.5. The summed E-state index contributed by atoms with van der Waals surface area (Å²) in [6.45, 7) is 6.03. The van der Waals surface area contributed by atoms with Gasteiger partial charge in [0.25, 0.3) is 0 Å². The summed E-state index contributed by atoms with van der Waals surface area (Å²) < 4.78 is 1.59. The second-order valence-electron chi connectivity index (χ2n) is 4.10. The van der Waals surface area contributed by atoms with Gasteiger partial charge in [-0.25, -0.2) is 4.79 Å². The average molecular weight is 306 g/mol. The lowest BCUT2D eigenvalue weighted by molar-refractivity contribution is 0.949. The minimum Gasteiger partial charge on any atom is -0.371 e. The molecule has 0 saturated heterocycles. The van der Waals surface area contributed by atoms with E-state index in [0.717, 1.165) is 5.56 Å². The summed E-state index contributed by atoms with van der Waals surface area (Å²) in [6.07, 6.45) is 8.03. The van der Waals surface area contributed by atoms with E-state index in [1.165, 1.54) is 0 Å². The lowest BCUT2D eigenvalue weighted by Gasteiger charge is -2.13. The minimum atomic E-state index is -0.858. The van der Waals surface area contributed by atoms with Gasteiger partial charge in [0.05, 0.1) is 32.4 Å². The molecule has 1 aromatic heterocycles. The average Bonchev–Trinajstić information content (AvgIpc) is 2.26. The smallest absolute Gasteiger partial charge is 0.371 e. The van der Waals surface area contributed by atoms with E-state index < -0.39 is 15.2 Å². The lowest BCUT2D eigenvalue weighted by atomic mass is 10.2. The molecule has 18 heavy (non-hydrogen) atoms. The van der Waals surface area contributed by atoms with E-state index in [0.29, 0.717) is 5.82 Å². The normalized spacial score (nSPS) is 14.1. The van der Waals surface area contributed by atoms with Crippen molar-refractivity contribution >= 4 is 45.3 Å². The molecule has 0 fully saturated rings. The van der Waals surface area contributed by atoms with Crippen LogP contribution in [-0.4, -0.2) is 42.3 Å². The standard InChI is InChI=1S/C11H17ClN3OP2/c1-7(17(3)4)8-9(12)14-11(16)15(18(5)6)10(8)13-2/h7H,3,5H2,1-2,4,6H3/q+1/p+1. The van der Waals surface area contributed by atoms with Crippen LogP contribution in [-0.2, 0) is 0 Å². The van der Waals surface area contributed by atoms with Crippen LogP contribution in [0, 0.1) is 0 Å². The van der Waals surface area contributed by atoms with E-state index in [9.17, 15) is 4.79 Å². The molecule has 0 spiro atoms. The topological polar surface area (TPSA) is 46.9 Å². The van der Waals surface area contributed by atoms with Crippen LogP contribution >= 0.6 is 26.8 Å². The fraction of sp³-hybridized carbons (Fsp3) is 0.455. The van der Waals surface area contributed by atoms with Crippen molar-refractivity contribution in [2.45, 2.75) is 12.6 Å². The fourth-order valence-corrected chi connectivity index (χ4v) is 3.62. The third-order valence-corrected chi connectivity index (χ3v) is 5.64. The van der Waals surface area contributed by atoms with Crippen LogP contribution in [0.2, 0.25) is 5.15 Å². The molecule has 98 valence electrons. The van der Waals surface area contributed by atoms with E-state index in [2.05, 4.69) is 36.5 Å². The van der Waals surface area contributed by atoms with Gasteiger partial charge in [0, 0.05) is 7.05 Å². The first-order valence-corrected chi connectivity index (χ1v) is 9.74. The molecule has 4 nitrogen and oxygen atoms in total. The summed E-state index contributed by atoms with van der Waals surface area (Å²) in [6, 6.07) is 0. The van der Waals surface area contributed by atoms with E-state index >= 15 is 0 Å². The second-order valence-corrected chi connectivity index (χ2v) is 8.46. The molecule has 1 N–H and O–H groups in total. The van der Waals surface area contributed by atoms with Crippen molar-refractivity contribution in [2.75, 3.05) is 25.7 Å². The summed E-state index contributed by atoms with van der Waals surface area (Å²) >= 11 is 6.13. The largest absolute Gasteiger partial charge is 0.388 e. The van der Waals surface area contributed by atoms with Gasteiger partial charge in [-0.2, -0.15) is 4.98 Å². The maximum Gasteiger partial charge on any atom is 0.388 e. The molecule has 0 bridgehead atoms. The van der Waals surface area contributed by atoms with Crippen molar-refractivity contribution in [3.63, 3.8) is 0 Å². The Labute approximate surface area is 114 Å².